The van der Waals surface area contributed by atoms with E-state index in [-0.39, 0.29) is 5.91 Å². The van der Waals surface area contributed by atoms with Gasteiger partial charge in [0.25, 0.3) is 0 Å². The third-order valence-corrected chi connectivity index (χ3v) is 4.65. The van der Waals surface area contributed by atoms with Gasteiger partial charge < -0.3 is 9.47 Å². The monoisotopic (exact) mass is 290 g/mol. The summed E-state index contributed by atoms with van der Waals surface area (Å²) in [5.74, 6) is 0.173. The Bertz CT molecular complexity index is 892. The number of para-hydroxylation sites is 1. The summed E-state index contributed by atoms with van der Waals surface area (Å²) in [5.41, 5.74) is 5.93. The Morgan fingerprint density at radius 3 is 2.55 bits per heavy atom. The Kier molecular flexibility index (Phi) is 2.83. The predicted octanol–water partition coefficient (Wildman–Crippen LogP) is 3.36. The van der Waals surface area contributed by atoms with E-state index in [0.717, 1.165) is 5.56 Å². The molecule has 0 saturated carbocycles. The van der Waals surface area contributed by atoms with Crippen LogP contribution in [0.15, 0.2) is 48.5 Å². The van der Waals surface area contributed by atoms with Gasteiger partial charge >= 0.3 is 0 Å². The van der Waals surface area contributed by atoms with E-state index >= 15 is 0 Å². The second-order valence-corrected chi connectivity index (χ2v) is 5.99. The number of aryl methyl sites for hydroxylation is 1. The van der Waals surface area contributed by atoms with Crippen molar-refractivity contribution in [3.8, 4) is 11.3 Å². The van der Waals surface area contributed by atoms with Crippen molar-refractivity contribution in [3.05, 3.63) is 59.7 Å². The van der Waals surface area contributed by atoms with Crippen LogP contribution in [0.1, 0.15) is 11.1 Å². The minimum absolute atomic E-state index is 0.173. The second kappa shape index (κ2) is 4.73. The Hall–Kier alpha value is -2.55. The van der Waals surface area contributed by atoms with Gasteiger partial charge in [-0.3, -0.25) is 4.79 Å². The van der Waals surface area contributed by atoms with Gasteiger partial charge in [-0.25, -0.2) is 0 Å². The van der Waals surface area contributed by atoms with Crippen molar-refractivity contribution in [1.29, 1.82) is 0 Å². The molecule has 0 radical (unpaired) electrons. The lowest BCUT2D eigenvalue weighted by atomic mass is 9.96. The minimum Gasteiger partial charge on any atom is -0.343 e. The zero-order valence-corrected chi connectivity index (χ0v) is 12.8. The van der Waals surface area contributed by atoms with E-state index in [4.69, 9.17) is 0 Å². The fraction of sp³-hybridized carbons (Fsp3) is 0.211. The van der Waals surface area contributed by atoms with Crippen LogP contribution in [-0.2, 0) is 24.8 Å². The molecule has 1 aliphatic rings. The molecular weight excluding hydrogens is 272 g/mol. The molecule has 0 fully saturated rings. The van der Waals surface area contributed by atoms with Crippen LogP contribution in [0.2, 0.25) is 0 Å². The van der Waals surface area contributed by atoms with Crippen LogP contribution in [0, 0.1) is 0 Å². The second-order valence-electron chi connectivity index (χ2n) is 5.99. The Morgan fingerprint density at radius 2 is 1.68 bits per heavy atom. The van der Waals surface area contributed by atoms with Gasteiger partial charge in [0.1, 0.15) is 0 Å². The van der Waals surface area contributed by atoms with Crippen LogP contribution in [0.5, 0.6) is 0 Å². The van der Waals surface area contributed by atoms with E-state index in [0.29, 0.717) is 13.0 Å². The molecule has 3 heteroatoms. The summed E-state index contributed by atoms with van der Waals surface area (Å²) in [6.07, 6.45) is 0.460. The van der Waals surface area contributed by atoms with E-state index in [9.17, 15) is 4.79 Å². The number of nitrogens with zero attached hydrogens (tertiary/aromatic N) is 2. The fourth-order valence-corrected chi connectivity index (χ4v) is 3.51. The van der Waals surface area contributed by atoms with Crippen molar-refractivity contribution >= 4 is 16.8 Å². The molecule has 2 heterocycles. The van der Waals surface area contributed by atoms with Crippen LogP contribution < -0.4 is 0 Å². The molecule has 4 rings (SSSR count). The zero-order chi connectivity index (χ0) is 15.3. The minimum atomic E-state index is 0.173. The molecule has 0 spiro atoms. The molecular formula is C19H18N2O. The average molecular weight is 290 g/mol. The van der Waals surface area contributed by atoms with Crippen molar-refractivity contribution in [1.82, 2.24) is 9.47 Å². The van der Waals surface area contributed by atoms with Crippen LogP contribution in [0.4, 0.5) is 0 Å². The summed E-state index contributed by atoms with van der Waals surface area (Å²) in [6, 6.07) is 16.7. The largest absolute Gasteiger partial charge is 0.343 e. The number of aromatic nitrogens is 1. The lowest BCUT2D eigenvalue weighted by Crippen LogP contribution is -2.29. The SMILES string of the molecule is CN1Cc2ccccc2-c2c(c3ccccc3n2C)CC1=O. The lowest BCUT2D eigenvalue weighted by molar-refractivity contribution is -0.129. The van der Waals surface area contributed by atoms with Gasteiger partial charge in [0.2, 0.25) is 5.91 Å². The molecule has 22 heavy (non-hydrogen) atoms. The Labute approximate surface area is 129 Å². The first-order chi connectivity index (χ1) is 10.7. The molecule has 110 valence electrons. The van der Waals surface area contributed by atoms with Crippen molar-refractivity contribution in [3.63, 3.8) is 0 Å². The first-order valence-corrected chi connectivity index (χ1v) is 7.55. The van der Waals surface area contributed by atoms with Gasteiger partial charge in [-0.15, -0.1) is 0 Å². The number of amides is 1. The van der Waals surface area contributed by atoms with Crippen molar-refractivity contribution in [2.75, 3.05) is 7.05 Å². The molecule has 2 aromatic carbocycles. The highest BCUT2D eigenvalue weighted by Gasteiger charge is 2.24. The van der Waals surface area contributed by atoms with Gasteiger partial charge in [-0.05, 0) is 17.2 Å². The quantitative estimate of drug-likeness (QED) is 0.623. The van der Waals surface area contributed by atoms with Crippen molar-refractivity contribution < 1.29 is 4.79 Å². The Balaban J connectivity index is 2.12. The average Bonchev–Trinajstić information content (AvgIpc) is 2.80. The summed E-state index contributed by atoms with van der Waals surface area (Å²) < 4.78 is 2.22. The van der Waals surface area contributed by atoms with Crippen LogP contribution in [-0.4, -0.2) is 22.4 Å². The van der Waals surface area contributed by atoms with Crippen LogP contribution in [0.25, 0.3) is 22.2 Å². The summed E-state index contributed by atoms with van der Waals surface area (Å²) in [7, 11) is 3.98. The van der Waals surface area contributed by atoms with E-state index in [2.05, 4.69) is 48.0 Å². The standard InChI is InChI=1S/C19H18N2O/c1-20-12-13-7-3-4-8-14(13)19-16(11-18(20)22)15-9-5-6-10-17(15)21(19)2/h3-10H,11-12H2,1-2H3. The van der Waals surface area contributed by atoms with Crippen LogP contribution in [0.3, 0.4) is 0 Å². The maximum absolute atomic E-state index is 12.5. The molecule has 0 bridgehead atoms. The number of carbonyl (C=O) groups is 1. The van der Waals surface area contributed by atoms with Crippen LogP contribution >= 0.6 is 0 Å². The molecule has 0 N–H and O–H groups in total. The summed E-state index contributed by atoms with van der Waals surface area (Å²) >= 11 is 0. The highest BCUT2D eigenvalue weighted by Crippen LogP contribution is 2.36. The highest BCUT2D eigenvalue weighted by molar-refractivity contribution is 5.97. The van der Waals surface area contributed by atoms with E-state index < -0.39 is 0 Å². The lowest BCUT2D eigenvalue weighted by Gasteiger charge is -2.23. The number of fused-ring (bicyclic) bond motifs is 5. The first kappa shape index (κ1) is 13.1. The summed E-state index contributed by atoms with van der Waals surface area (Å²) in [6.45, 7) is 0.663. The fourth-order valence-electron chi connectivity index (χ4n) is 3.51. The predicted molar refractivity (Wildman–Crippen MR) is 88.5 cm³/mol. The van der Waals surface area contributed by atoms with E-state index in [1.807, 2.05) is 24.1 Å². The first-order valence-electron chi connectivity index (χ1n) is 7.55. The molecule has 1 amide bonds. The third-order valence-electron chi connectivity index (χ3n) is 4.65. The third kappa shape index (κ3) is 1.78. The number of hydrogen-bond donors (Lipinski definition) is 0. The maximum Gasteiger partial charge on any atom is 0.227 e. The highest BCUT2D eigenvalue weighted by atomic mass is 16.2. The number of carbonyl (C=O) groups excluding carboxylic acids is 1. The smallest absolute Gasteiger partial charge is 0.227 e. The van der Waals surface area contributed by atoms with Gasteiger partial charge in [0.15, 0.2) is 0 Å². The van der Waals surface area contributed by atoms with Gasteiger partial charge in [0.05, 0.1) is 12.1 Å². The topological polar surface area (TPSA) is 25.2 Å². The molecule has 0 saturated heterocycles. The molecule has 0 aliphatic carbocycles. The molecule has 3 nitrogen and oxygen atoms in total. The Morgan fingerprint density at radius 1 is 0.955 bits per heavy atom. The number of hydrogen-bond acceptors (Lipinski definition) is 1. The molecule has 0 atom stereocenters. The summed E-state index contributed by atoms with van der Waals surface area (Å²) in [5, 5.41) is 1.18. The number of rotatable bonds is 0. The van der Waals surface area contributed by atoms with E-state index in [1.165, 1.54) is 27.7 Å². The number of benzene rings is 2. The molecule has 1 aliphatic heterocycles. The van der Waals surface area contributed by atoms with Crippen molar-refractivity contribution in [2.24, 2.45) is 7.05 Å². The normalized spacial score (nSPS) is 14.5. The zero-order valence-electron chi connectivity index (χ0n) is 12.8. The van der Waals surface area contributed by atoms with Gasteiger partial charge in [0, 0.05) is 37.1 Å². The van der Waals surface area contributed by atoms with Crippen molar-refractivity contribution in [2.45, 2.75) is 13.0 Å². The maximum atomic E-state index is 12.5. The molecule has 3 aromatic rings. The van der Waals surface area contributed by atoms with Gasteiger partial charge in [-0.1, -0.05) is 42.5 Å². The molecule has 0 unspecified atom stereocenters. The summed E-state index contributed by atoms with van der Waals surface area (Å²) in [4.78, 5) is 14.3. The van der Waals surface area contributed by atoms with Gasteiger partial charge in [-0.2, -0.15) is 0 Å². The number of likely N-dealkylation sites (N-methyl/N-ethyl adjacent to an activating group) is 1. The molecule has 1 aromatic heterocycles. The van der Waals surface area contributed by atoms with E-state index in [1.54, 1.807) is 0 Å².